The second-order valence-electron chi connectivity index (χ2n) is 6.26. The summed E-state index contributed by atoms with van der Waals surface area (Å²) < 4.78 is 0. The van der Waals surface area contributed by atoms with Crippen LogP contribution in [-0.4, -0.2) is 18.0 Å². The molecule has 0 atom stereocenters. The molecule has 1 aliphatic heterocycles. The first-order valence-electron chi connectivity index (χ1n) is 8.55. The average molecular weight is 292 g/mol. The van der Waals surface area contributed by atoms with Crippen molar-refractivity contribution in [2.45, 2.75) is 32.1 Å². The molecule has 1 saturated heterocycles. The van der Waals surface area contributed by atoms with Gasteiger partial charge in [-0.2, -0.15) is 0 Å². The van der Waals surface area contributed by atoms with Gasteiger partial charge in [0.05, 0.1) is 0 Å². The minimum atomic E-state index is 0.533. The van der Waals surface area contributed by atoms with Crippen LogP contribution in [0.3, 0.4) is 0 Å². The van der Waals surface area contributed by atoms with Crippen LogP contribution in [0, 0.1) is 12.5 Å². The second kappa shape index (κ2) is 7.60. The van der Waals surface area contributed by atoms with Crippen molar-refractivity contribution in [1.29, 1.82) is 0 Å². The Bertz CT molecular complexity index is 501. The lowest BCUT2D eigenvalue weighted by molar-refractivity contribution is 0.205. The van der Waals surface area contributed by atoms with E-state index in [0.29, 0.717) is 5.92 Å². The minimum absolute atomic E-state index is 0.533. The van der Waals surface area contributed by atoms with Gasteiger partial charge in [0.15, 0.2) is 0 Å². The van der Waals surface area contributed by atoms with E-state index in [1.165, 1.54) is 37.1 Å². The number of hydrogen-bond acceptors (Lipinski definition) is 1. The Kier molecular flexibility index (Phi) is 5.29. The average Bonchev–Trinajstić information content (AvgIpc) is 2.59. The van der Waals surface area contributed by atoms with E-state index in [0.717, 1.165) is 12.3 Å². The molecule has 1 heteroatoms. The molecule has 0 unspecified atom stereocenters. The fraction of sp³-hybridized carbons (Fsp3) is 0.381. The molecule has 22 heavy (non-hydrogen) atoms. The predicted octanol–water partition coefficient (Wildman–Crippen LogP) is 5.10. The standard InChI is InChI=1S/C21H26N/c1-2-15-22-16-13-20(14-17-22)21(18-9-5-3-6-10-18)19-11-7-4-8-12-19/h3-12,15,20-21H,2,13-14,16-17H2,1H3. The first-order chi connectivity index (χ1) is 10.9. The summed E-state index contributed by atoms with van der Waals surface area (Å²) in [5, 5.41) is 0. The molecular formula is C21H26N. The summed E-state index contributed by atoms with van der Waals surface area (Å²) in [6.07, 6.45) is 3.71. The van der Waals surface area contributed by atoms with Gasteiger partial charge >= 0.3 is 0 Å². The van der Waals surface area contributed by atoms with Crippen molar-refractivity contribution >= 4 is 0 Å². The van der Waals surface area contributed by atoms with Gasteiger partial charge < -0.3 is 0 Å². The zero-order valence-electron chi connectivity index (χ0n) is 13.5. The van der Waals surface area contributed by atoms with Crippen molar-refractivity contribution in [2.24, 2.45) is 5.92 Å². The van der Waals surface area contributed by atoms with Crippen molar-refractivity contribution < 1.29 is 0 Å². The van der Waals surface area contributed by atoms with Gasteiger partial charge in [-0.15, -0.1) is 0 Å². The number of hydrogen-bond donors (Lipinski definition) is 0. The monoisotopic (exact) mass is 292 g/mol. The molecule has 1 aliphatic rings. The van der Waals surface area contributed by atoms with Gasteiger partial charge in [-0.1, -0.05) is 67.6 Å². The highest BCUT2D eigenvalue weighted by Gasteiger charge is 2.28. The number of piperidine rings is 1. The van der Waals surface area contributed by atoms with E-state index in [2.05, 4.69) is 79.0 Å². The van der Waals surface area contributed by atoms with Gasteiger partial charge in [0.1, 0.15) is 0 Å². The molecule has 1 radical (unpaired) electrons. The van der Waals surface area contributed by atoms with Crippen LogP contribution in [-0.2, 0) is 0 Å². The molecule has 2 aromatic rings. The zero-order valence-corrected chi connectivity index (χ0v) is 13.5. The van der Waals surface area contributed by atoms with Gasteiger partial charge in [0, 0.05) is 12.5 Å². The second-order valence-corrected chi connectivity index (χ2v) is 6.26. The molecule has 0 bridgehead atoms. The van der Waals surface area contributed by atoms with Crippen molar-refractivity contribution in [3.8, 4) is 0 Å². The molecule has 0 spiro atoms. The molecule has 0 amide bonds. The van der Waals surface area contributed by atoms with Gasteiger partial charge in [-0.05, 0) is 49.4 Å². The summed E-state index contributed by atoms with van der Waals surface area (Å²) in [4.78, 5) is 2.50. The van der Waals surface area contributed by atoms with Gasteiger partial charge in [-0.25, -0.2) is 0 Å². The molecule has 0 aromatic heterocycles. The Morgan fingerprint density at radius 1 is 0.909 bits per heavy atom. The SMILES string of the molecule is CC[CH]N1CCC(C(c2ccccc2)c2ccccc2)CC1. The number of nitrogens with zero attached hydrogens (tertiary/aromatic N) is 1. The maximum atomic E-state index is 2.50. The molecule has 0 saturated carbocycles. The van der Waals surface area contributed by atoms with Crippen molar-refractivity contribution in [3.05, 3.63) is 78.3 Å². The van der Waals surface area contributed by atoms with Crippen LogP contribution in [0.1, 0.15) is 43.2 Å². The fourth-order valence-corrected chi connectivity index (χ4v) is 3.75. The summed E-state index contributed by atoms with van der Waals surface area (Å²) in [7, 11) is 0. The third-order valence-electron chi connectivity index (χ3n) is 4.80. The summed E-state index contributed by atoms with van der Waals surface area (Å²) >= 11 is 0. The van der Waals surface area contributed by atoms with E-state index in [9.17, 15) is 0 Å². The Morgan fingerprint density at radius 2 is 1.41 bits per heavy atom. The van der Waals surface area contributed by atoms with Crippen LogP contribution in [0.2, 0.25) is 0 Å². The summed E-state index contributed by atoms with van der Waals surface area (Å²) in [6, 6.07) is 22.1. The van der Waals surface area contributed by atoms with E-state index < -0.39 is 0 Å². The summed E-state index contributed by atoms with van der Waals surface area (Å²) in [5.41, 5.74) is 2.93. The van der Waals surface area contributed by atoms with Crippen molar-refractivity contribution in [1.82, 2.24) is 4.90 Å². The lowest BCUT2D eigenvalue weighted by Gasteiger charge is -2.36. The van der Waals surface area contributed by atoms with Crippen molar-refractivity contribution in [3.63, 3.8) is 0 Å². The molecule has 1 nitrogen and oxygen atoms in total. The fourth-order valence-electron chi connectivity index (χ4n) is 3.75. The minimum Gasteiger partial charge on any atom is -0.299 e. The lowest BCUT2D eigenvalue weighted by atomic mass is 9.76. The molecule has 3 rings (SSSR count). The van der Waals surface area contributed by atoms with E-state index in [-0.39, 0.29) is 0 Å². The van der Waals surface area contributed by atoms with Crippen LogP contribution in [0.4, 0.5) is 0 Å². The summed E-state index contributed by atoms with van der Waals surface area (Å²) in [5.74, 6) is 1.28. The zero-order chi connectivity index (χ0) is 15.2. The normalized spacial score (nSPS) is 17.0. The Labute approximate surface area is 135 Å². The van der Waals surface area contributed by atoms with Crippen LogP contribution in [0.25, 0.3) is 0 Å². The van der Waals surface area contributed by atoms with Crippen LogP contribution in [0.5, 0.6) is 0 Å². The van der Waals surface area contributed by atoms with Gasteiger partial charge in [0.25, 0.3) is 0 Å². The quantitative estimate of drug-likeness (QED) is 0.741. The predicted molar refractivity (Wildman–Crippen MR) is 93.6 cm³/mol. The number of benzene rings is 2. The van der Waals surface area contributed by atoms with Gasteiger partial charge in [0.2, 0.25) is 0 Å². The Balaban J connectivity index is 1.81. The third-order valence-corrected chi connectivity index (χ3v) is 4.80. The molecule has 115 valence electrons. The first-order valence-corrected chi connectivity index (χ1v) is 8.55. The van der Waals surface area contributed by atoms with Crippen LogP contribution < -0.4 is 0 Å². The van der Waals surface area contributed by atoms with Crippen molar-refractivity contribution in [2.75, 3.05) is 13.1 Å². The Hall–Kier alpha value is -1.60. The van der Waals surface area contributed by atoms with Crippen LogP contribution in [0.15, 0.2) is 60.7 Å². The highest BCUT2D eigenvalue weighted by molar-refractivity contribution is 5.33. The van der Waals surface area contributed by atoms with E-state index in [1.807, 2.05) is 0 Å². The topological polar surface area (TPSA) is 3.24 Å². The smallest absolute Gasteiger partial charge is 0.0248 e. The molecule has 0 aliphatic carbocycles. The number of rotatable bonds is 5. The molecule has 2 aromatic carbocycles. The molecular weight excluding hydrogens is 266 g/mol. The maximum absolute atomic E-state index is 2.50. The Morgan fingerprint density at radius 3 is 1.86 bits per heavy atom. The number of likely N-dealkylation sites (tertiary alicyclic amines) is 1. The molecule has 0 N–H and O–H groups in total. The highest BCUT2D eigenvalue weighted by atomic mass is 15.1. The molecule has 1 heterocycles. The highest BCUT2D eigenvalue weighted by Crippen LogP contribution is 2.38. The lowest BCUT2D eigenvalue weighted by Crippen LogP contribution is -2.34. The van der Waals surface area contributed by atoms with E-state index in [4.69, 9.17) is 0 Å². The maximum Gasteiger partial charge on any atom is 0.0248 e. The first kappa shape index (κ1) is 15.3. The largest absolute Gasteiger partial charge is 0.299 e. The van der Waals surface area contributed by atoms with E-state index in [1.54, 1.807) is 0 Å². The van der Waals surface area contributed by atoms with Crippen LogP contribution >= 0.6 is 0 Å². The third kappa shape index (κ3) is 3.59. The summed E-state index contributed by atoms with van der Waals surface area (Å²) in [6.45, 7) is 6.99. The van der Waals surface area contributed by atoms with Gasteiger partial charge in [-0.3, -0.25) is 4.90 Å². The van der Waals surface area contributed by atoms with E-state index >= 15 is 0 Å². The molecule has 1 fully saturated rings.